The molecule has 0 fully saturated rings. The Balaban J connectivity index is 1.96. The van der Waals surface area contributed by atoms with Crippen molar-refractivity contribution in [2.24, 2.45) is 0 Å². The third kappa shape index (κ3) is 4.21. The molecule has 0 heterocycles. The summed E-state index contributed by atoms with van der Waals surface area (Å²) in [4.78, 5) is 0. The van der Waals surface area contributed by atoms with Gasteiger partial charge < -0.3 is 5.32 Å². The lowest BCUT2D eigenvalue weighted by molar-refractivity contribution is 0.475. The van der Waals surface area contributed by atoms with Gasteiger partial charge in [0.1, 0.15) is 0 Å². The molecule has 2 rings (SSSR count). The average molecular weight is 267 g/mol. The second kappa shape index (κ2) is 7.86. The van der Waals surface area contributed by atoms with Crippen LogP contribution < -0.4 is 5.32 Å². The Morgan fingerprint density at radius 1 is 0.850 bits per heavy atom. The van der Waals surface area contributed by atoms with Crippen molar-refractivity contribution in [3.05, 3.63) is 71.8 Å². The Morgan fingerprint density at radius 2 is 1.40 bits per heavy atom. The molecule has 0 aliphatic heterocycles. The predicted octanol–water partition coefficient (Wildman–Crippen LogP) is 4.92. The van der Waals surface area contributed by atoms with Gasteiger partial charge in [-0.2, -0.15) is 0 Å². The molecule has 0 saturated carbocycles. The molecule has 1 N–H and O–H groups in total. The lowest BCUT2D eigenvalue weighted by atomic mass is 9.98. The highest BCUT2D eigenvalue weighted by Gasteiger charge is 2.12. The van der Waals surface area contributed by atoms with Crippen molar-refractivity contribution >= 4 is 0 Å². The highest BCUT2D eigenvalue weighted by Crippen LogP contribution is 2.20. The molecular weight excluding hydrogens is 242 g/mol. The minimum absolute atomic E-state index is 0.465. The summed E-state index contributed by atoms with van der Waals surface area (Å²) in [7, 11) is 0. The standard InChI is InChI=1S/C19H25N/c1-3-10-19(18-13-8-5-9-14-18)20-15-16(2)17-11-6-4-7-12-17/h4-9,11-14,16,19-20H,3,10,15H2,1-2H3. The van der Waals surface area contributed by atoms with Crippen molar-refractivity contribution in [2.75, 3.05) is 6.54 Å². The summed E-state index contributed by atoms with van der Waals surface area (Å²) < 4.78 is 0. The minimum Gasteiger partial charge on any atom is -0.309 e. The Hall–Kier alpha value is -1.60. The molecule has 0 aliphatic carbocycles. The van der Waals surface area contributed by atoms with E-state index in [0.717, 1.165) is 6.54 Å². The van der Waals surface area contributed by atoms with E-state index in [4.69, 9.17) is 0 Å². The second-order valence-electron chi connectivity index (χ2n) is 5.47. The Morgan fingerprint density at radius 3 is 1.95 bits per heavy atom. The molecule has 20 heavy (non-hydrogen) atoms. The van der Waals surface area contributed by atoms with Gasteiger partial charge in [-0.3, -0.25) is 0 Å². The van der Waals surface area contributed by atoms with Gasteiger partial charge in [0, 0.05) is 12.6 Å². The zero-order valence-electron chi connectivity index (χ0n) is 12.5. The summed E-state index contributed by atoms with van der Waals surface area (Å²) in [6, 6.07) is 22.0. The number of rotatable bonds is 7. The smallest absolute Gasteiger partial charge is 0.0320 e. The molecule has 0 spiro atoms. The number of benzene rings is 2. The highest BCUT2D eigenvalue weighted by atomic mass is 14.9. The predicted molar refractivity (Wildman–Crippen MR) is 87.0 cm³/mol. The van der Waals surface area contributed by atoms with Crippen molar-refractivity contribution in [2.45, 2.75) is 38.6 Å². The maximum absolute atomic E-state index is 3.74. The maximum atomic E-state index is 3.74. The minimum atomic E-state index is 0.465. The van der Waals surface area contributed by atoms with Crippen LogP contribution in [0.2, 0.25) is 0 Å². The van der Waals surface area contributed by atoms with Gasteiger partial charge in [0.2, 0.25) is 0 Å². The van der Waals surface area contributed by atoms with Crippen LogP contribution in [-0.4, -0.2) is 6.54 Å². The Labute approximate surface area is 123 Å². The molecule has 2 aromatic carbocycles. The van der Waals surface area contributed by atoms with Gasteiger partial charge >= 0.3 is 0 Å². The molecule has 0 saturated heterocycles. The monoisotopic (exact) mass is 267 g/mol. The van der Waals surface area contributed by atoms with Gasteiger partial charge in [0.25, 0.3) is 0 Å². The Bertz CT molecular complexity index is 478. The van der Waals surface area contributed by atoms with Crippen molar-refractivity contribution < 1.29 is 0 Å². The fourth-order valence-corrected chi connectivity index (χ4v) is 2.58. The van der Waals surface area contributed by atoms with Crippen molar-refractivity contribution in [1.82, 2.24) is 5.32 Å². The van der Waals surface area contributed by atoms with E-state index in [-0.39, 0.29) is 0 Å². The van der Waals surface area contributed by atoms with Crippen LogP contribution in [0.4, 0.5) is 0 Å². The fraction of sp³-hybridized carbons (Fsp3) is 0.368. The van der Waals surface area contributed by atoms with Gasteiger partial charge in [-0.15, -0.1) is 0 Å². The van der Waals surface area contributed by atoms with E-state index in [1.165, 1.54) is 24.0 Å². The zero-order chi connectivity index (χ0) is 14.2. The van der Waals surface area contributed by atoms with Crippen molar-refractivity contribution in [3.8, 4) is 0 Å². The van der Waals surface area contributed by atoms with Gasteiger partial charge in [-0.05, 0) is 23.5 Å². The van der Waals surface area contributed by atoms with Crippen molar-refractivity contribution in [1.29, 1.82) is 0 Å². The van der Waals surface area contributed by atoms with E-state index in [0.29, 0.717) is 12.0 Å². The first-order valence-corrected chi connectivity index (χ1v) is 7.64. The summed E-state index contributed by atoms with van der Waals surface area (Å²) in [6.45, 7) is 5.55. The average Bonchev–Trinajstić information content (AvgIpc) is 2.53. The SMILES string of the molecule is CCCC(NCC(C)c1ccccc1)c1ccccc1. The molecule has 0 aliphatic rings. The molecule has 2 aromatic rings. The Kier molecular flexibility index (Phi) is 5.82. The number of nitrogens with one attached hydrogen (secondary N) is 1. The molecule has 1 nitrogen and oxygen atoms in total. The summed E-state index contributed by atoms with van der Waals surface area (Å²) >= 11 is 0. The quantitative estimate of drug-likeness (QED) is 0.750. The largest absolute Gasteiger partial charge is 0.309 e. The second-order valence-corrected chi connectivity index (χ2v) is 5.47. The molecule has 0 bridgehead atoms. The molecule has 2 unspecified atom stereocenters. The van der Waals surface area contributed by atoms with Crippen molar-refractivity contribution in [3.63, 3.8) is 0 Å². The lowest BCUT2D eigenvalue weighted by Crippen LogP contribution is -2.25. The van der Waals surface area contributed by atoms with E-state index in [1.54, 1.807) is 0 Å². The van der Waals surface area contributed by atoms with Crippen LogP contribution in [0.3, 0.4) is 0 Å². The number of hydrogen-bond acceptors (Lipinski definition) is 1. The van der Waals surface area contributed by atoms with Crippen LogP contribution in [0.1, 0.15) is 49.8 Å². The molecule has 0 aromatic heterocycles. The molecular formula is C19H25N. The van der Waals surface area contributed by atoms with Gasteiger partial charge in [-0.25, -0.2) is 0 Å². The van der Waals surface area contributed by atoms with E-state index in [1.807, 2.05) is 0 Å². The lowest BCUT2D eigenvalue weighted by Gasteiger charge is -2.21. The molecule has 106 valence electrons. The summed E-state index contributed by atoms with van der Waals surface area (Å²) in [5, 5.41) is 3.74. The first kappa shape index (κ1) is 14.8. The summed E-state index contributed by atoms with van der Waals surface area (Å²) in [5.74, 6) is 0.541. The highest BCUT2D eigenvalue weighted by molar-refractivity contribution is 5.21. The summed E-state index contributed by atoms with van der Waals surface area (Å²) in [5.41, 5.74) is 2.80. The van der Waals surface area contributed by atoms with Gasteiger partial charge in [-0.1, -0.05) is 80.9 Å². The zero-order valence-corrected chi connectivity index (χ0v) is 12.5. The van der Waals surface area contributed by atoms with Crippen LogP contribution in [0.25, 0.3) is 0 Å². The first-order valence-electron chi connectivity index (χ1n) is 7.64. The van der Waals surface area contributed by atoms with E-state index >= 15 is 0 Å². The molecule has 0 radical (unpaired) electrons. The maximum Gasteiger partial charge on any atom is 0.0320 e. The van der Waals surface area contributed by atoms with E-state index < -0.39 is 0 Å². The van der Waals surface area contributed by atoms with E-state index in [2.05, 4.69) is 79.8 Å². The van der Waals surface area contributed by atoms with Crippen LogP contribution in [0.15, 0.2) is 60.7 Å². The summed E-state index contributed by atoms with van der Waals surface area (Å²) in [6.07, 6.45) is 2.39. The third-order valence-corrected chi connectivity index (χ3v) is 3.82. The van der Waals surface area contributed by atoms with E-state index in [9.17, 15) is 0 Å². The first-order chi connectivity index (χ1) is 9.81. The van der Waals surface area contributed by atoms with Crippen LogP contribution in [0, 0.1) is 0 Å². The topological polar surface area (TPSA) is 12.0 Å². The van der Waals surface area contributed by atoms with Crippen LogP contribution in [-0.2, 0) is 0 Å². The van der Waals surface area contributed by atoms with Gasteiger partial charge in [0.15, 0.2) is 0 Å². The third-order valence-electron chi connectivity index (χ3n) is 3.82. The van der Waals surface area contributed by atoms with Crippen LogP contribution in [0.5, 0.6) is 0 Å². The molecule has 1 heteroatoms. The normalized spacial score (nSPS) is 13.9. The molecule has 2 atom stereocenters. The number of hydrogen-bond donors (Lipinski definition) is 1. The fourth-order valence-electron chi connectivity index (χ4n) is 2.58. The molecule has 0 amide bonds. The van der Waals surface area contributed by atoms with Crippen LogP contribution >= 0.6 is 0 Å². The van der Waals surface area contributed by atoms with Gasteiger partial charge in [0.05, 0.1) is 0 Å².